The van der Waals surface area contributed by atoms with Crippen molar-refractivity contribution in [2.45, 2.75) is 6.92 Å². The Kier molecular flexibility index (Phi) is 3.06. The number of aryl methyl sites for hydroxylation is 1. The highest BCUT2D eigenvalue weighted by atomic mass is 14.7. The number of nitriles is 1. The Labute approximate surface area is 134 Å². The highest BCUT2D eigenvalue weighted by Gasteiger charge is 2.14. The summed E-state index contributed by atoms with van der Waals surface area (Å²) in [7, 11) is 0. The summed E-state index contributed by atoms with van der Waals surface area (Å²) < 4.78 is 0. The molecule has 2 nitrogen and oxygen atoms in total. The Hall–Kier alpha value is -3.18. The summed E-state index contributed by atoms with van der Waals surface area (Å²) in [5.41, 5.74) is 3.57. The van der Waals surface area contributed by atoms with Crippen molar-refractivity contribution in [3.8, 4) is 17.3 Å². The predicted octanol–water partition coefficient (Wildman–Crippen LogP) is 5.24. The SMILES string of the molecule is Cc1c(-c2ncc3ccccc3c2C#N)ccc2ccccc12. The number of hydrogen-bond acceptors (Lipinski definition) is 2. The second-order valence-corrected chi connectivity index (χ2v) is 5.64. The van der Waals surface area contributed by atoms with Crippen molar-refractivity contribution >= 4 is 21.5 Å². The van der Waals surface area contributed by atoms with Gasteiger partial charge in [0.25, 0.3) is 0 Å². The fourth-order valence-electron chi connectivity index (χ4n) is 3.16. The van der Waals surface area contributed by atoms with E-state index in [0.29, 0.717) is 5.56 Å². The minimum Gasteiger partial charge on any atom is -0.254 e. The molecule has 0 N–H and O–H groups in total. The third-order valence-electron chi connectivity index (χ3n) is 4.36. The number of benzene rings is 3. The second-order valence-electron chi connectivity index (χ2n) is 5.64. The summed E-state index contributed by atoms with van der Waals surface area (Å²) in [6.07, 6.45) is 1.85. The van der Waals surface area contributed by atoms with Crippen LogP contribution in [0.15, 0.2) is 66.9 Å². The Bertz CT molecular complexity index is 1090. The Morgan fingerprint density at radius 3 is 2.30 bits per heavy atom. The highest BCUT2D eigenvalue weighted by molar-refractivity contribution is 5.96. The quantitative estimate of drug-likeness (QED) is 0.481. The lowest BCUT2D eigenvalue weighted by Gasteiger charge is -2.12. The summed E-state index contributed by atoms with van der Waals surface area (Å²) >= 11 is 0. The Morgan fingerprint density at radius 2 is 1.52 bits per heavy atom. The Balaban J connectivity index is 2.07. The van der Waals surface area contributed by atoms with E-state index in [2.05, 4.69) is 42.2 Å². The summed E-state index contributed by atoms with van der Waals surface area (Å²) in [6.45, 7) is 2.09. The Morgan fingerprint density at radius 1 is 0.826 bits per heavy atom. The first-order chi connectivity index (χ1) is 11.3. The van der Waals surface area contributed by atoms with Crippen molar-refractivity contribution in [2.75, 3.05) is 0 Å². The summed E-state index contributed by atoms with van der Waals surface area (Å²) in [5.74, 6) is 0. The molecule has 0 saturated carbocycles. The van der Waals surface area contributed by atoms with E-state index in [1.165, 1.54) is 10.8 Å². The molecule has 0 fully saturated rings. The minimum absolute atomic E-state index is 0.640. The molecule has 4 aromatic rings. The van der Waals surface area contributed by atoms with Gasteiger partial charge in [-0.25, -0.2) is 0 Å². The normalized spacial score (nSPS) is 10.8. The van der Waals surface area contributed by atoms with Crippen LogP contribution in [0, 0.1) is 18.3 Å². The van der Waals surface area contributed by atoms with Crippen molar-refractivity contribution < 1.29 is 0 Å². The molecule has 0 spiro atoms. The monoisotopic (exact) mass is 294 g/mol. The third-order valence-corrected chi connectivity index (χ3v) is 4.36. The van der Waals surface area contributed by atoms with Gasteiger partial charge < -0.3 is 0 Å². The van der Waals surface area contributed by atoms with E-state index in [1.54, 1.807) is 0 Å². The lowest BCUT2D eigenvalue weighted by atomic mass is 9.94. The van der Waals surface area contributed by atoms with Gasteiger partial charge in [-0.3, -0.25) is 4.98 Å². The number of nitrogens with zero attached hydrogens (tertiary/aromatic N) is 2. The van der Waals surface area contributed by atoms with Gasteiger partial charge in [0.05, 0.1) is 11.3 Å². The van der Waals surface area contributed by atoms with Crippen LogP contribution < -0.4 is 0 Å². The summed E-state index contributed by atoms with van der Waals surface area (Å²) in [5, 5.41) is 14.0. The molecule has 108 valence electrons. The topological polar surface area (TPSA) is 36.7 Å². The molecule has 0 aliphatic rings. The van der Waals surface area contributed by atoms with Gasteiger partial charge in [0.2, 0.25) is 0 Å². The molecular weight excluding hydrogens is 280 g/mol. The van der Waals surface area contributed by atoms with E-state index in [-0.39, 0.29) is 0 Å². The molecule has 2 heteroatoms. The standard InChI is InChI=1S/C21H14N2/c1-14-17-8-4-2-6-15(17)10-11-18(14)21-20(12-22)19-9-5-3-7-16(19)13-23-21/h2-11,13H,1H3. The van der Waals surface area contributed by atoms with Gasteiger partial charge in [0.1, 0.15) is 6.07 Å². The van der Waals surface area contributed by atoms with Crippen LogP contribution in [0.25, 0.3) is 32.8 Å². The molecule has 23 heavy (non-hydrogen) atoms. The van der Waals surface area contributed by atoms with Crippen LogP contribution in [-0.2, 0) is 0 Å². The number of pyridine rings is 1. The molecular formula is C21H14N2. The summed E-state index contributed by atoms with van der Waals surface area (Å²) in [6, 6.07) is 22.7. The number of hydrogen-bond donors (Lipinski definition) is 0. The van der Waals surface area contributed by atoms with Gasteiger partial charge >= 0.3 is 0 Å². The van der Waals surface area contributed by atoms with Crippen LogP contribution in [0.2, 0.25) is 0 Å². The van der Waals surface area contributed by atoms with Gasteiger partial charge in [-0.2, -0.15) is 5.26 Å². The zero-order valence-corrected chi connectivity index (χ0v) is 12.7. The largest absolute Gasteiger partial charge is 0.254 e. The maximum atomic E-state index is 9.69. The van der Waals surface area contributed by atoms with Crippen LogP contribution in [0.4, 0.5) is 0 Å². The maximum absolute atomic E-state index is 9.69. The molecule has 0 bridgehead atoms. The first-order valence-corrected chi connectivity index (χ1v) is 7.56. The van der Waals surface area contributed by atoms with Gasteiger partial charge in [-0.05, 0) is 23.3 Å². The third kappa shape index (κ3) is 2.06. The van der Waals surface area contributed by atoms with E-state index >= 15 is 0 Å². The number of fused-ring (bicyclic) bond motifs is 2. The average molecular weight is 294 g/mol. The summed E-state index contributed by atoms with van der Waals surface area (Å²) in [4.78, 5) is 4.59. The molecule has 1 heterocycles. The molecule has 0 radical (unpaired) electrons. The molecule has 0 aliphatic heterocycles. The van der Waals surface area contributed by atoms with Crippen LogP contribution >= 0.6 is 0 Å². The molecule has 4 rings (SSSR count). The van der Waals surface area contributed by atoms with E-state index in [0.717, 1.165) is 27.6 Å². The van der Waals surface area contributed by atoms with Crippen LogP contribution in [0.1, 0.15) is 11.1 Å². The molecule has 0 amide bonds. The molecule has 0 atom stereocenters. The minimum atomic E-state index is 0.640. The maximum Gasteiger partial charge on any atom is 0.102 e. The van der Waals surface area contributed by atoms with E-state index in [9.17, 15) is 5.26 Å². The highest BCUT2D eigenvalue weighted by Crippen LogP contribution is 2.33. The number of aromatic nitrogens is 1. The zero-order valence-electron chi connectivity index (χ0n) is 12.7. The van der Waals surface area contributed by atoms with Gasteiger partial charge in [0, 0.05) is 22.5 Å². The van der Waals surface area contributed by atoms with Gasteiger partial charge in [-0.15, -0.1) is 0 Å². The first kappa shape index (κ1) is 13.5. The van der Waals surface area contributed by atoms with Crippen molar-refractivity contribution in [3.63, 3.8) is 0 Å². The van der Waals surface area contributed by atoms with Crippen molar-refractivity contribution in [1.29, 1.82) is 5.26 Å². The molecule has 0 saturated heterocycles. The fourth-order valence-corrected chi connectivity index (χ4v) is 3.16. The average Bonchev–Trinajstić information content (AvgIpc) is 2.61. The second kappa shape index (κ2) is 5.23. The molecule has 3 aromatic carbocycles. The molecule has 0 unspecified atom stereocenters. The zero-order chi connectivity index (χ0) is 15.8. The van der Waals surface area contributed by atoms with Gasteiger partial charge in [-0.1, -0.05) is 60.7 Å². The van der Waals surface area contributed by atoms with Gasteiger partial charge in [0.15, 0.2) is 0 Å². The fraction of sp³-hybridized carbons (Fsp3) is 0.0476. The number of rotatable bonds is 1. The smallest absolute Gasteiger partial charge is 0.102 e. The van der Waals surface area contributed by atoms with E-state index in [4.69, 9.17) is 0 Å². The van der Waals surface area contributed by atoms with Crippen molar-refractivity contribution in [1.82, 2.24) is 4.98 Å². The van der Waals surface area contributed by atoms with Crippen LogP contribution in [0.5, 0.6) is 0 Å². The van der Waals surface area contributed by atoms with Crippen LogP contribution in [-0.4, -0.2) is 4.98 Å². The van der Waals surface area contributed by atoms with Crippen molar-refractivity contribution in [2.24, 2.45) is 0 Å². The first-order valence-electron chi connectivity index (χ1n) is 7.56. The van der Waals surface area contributed by atoms with Crippen molar-refractivity contribution in [3.05, 3.63) is 78.0 Å². The lowest BCUT2D eigenvalue weighted by molar-refractivity contribution is 1.32. The van der Waals surface area contributed by atoms with Crippen LogP contribution in [0.3, 0.4) is 0 Å². The lowest BCUT2D eigenvalue weighted by Crippen LogP contribution is -1.94. The van der Waals surface area contributed by atoms with E-state index < -0.39 is 0 Å². The molecule has 0 aliphatic carbocycles. The van der Waals surface area contributed by atoms with E-state index in [1.807, 2.05) is 42.6 Å². The predicted molar refractivity (Wildman–Crippen MR) is 94.1 cm³/mol. The molecule has 1 aromatic heterocycles.